The normalized spacial score (nSPS) is 10.8. The zero-order chi connectivity index (χ0) is 13.2. The summed E-state index contributed by atoms with van der Waals surface area (Å²) in [5.74, 6) is 0.548. The van der Waals surface area contributed by atoms with Crippen molar-refractivity contribution in [2.75, 3.05) is 12.4 Å². The predicted molar refractivity (Wildman–Crippen MR) is 76.8 cm³/mol. The van der Waals surface area contributed by atoms with Crippen LogP contribution in [0.1, 0.15) is 0 Å². The molecule has 0 fully saturated rings. The minimum atomic E-state index is 0.548. The van der Waals surface area contributed by atoms with Gasteiger partial charge >= 0.3 is 0 Å². The largest absolute Gasteiger partial charge is 0.357 e. The van der Waals surface area contributed by atoms with Crippen molar-refractivity contribution < 1.29 is 0 Å². The number of halogens is 1. The van der Waals surface area contributed by atoms with Gasteiger partial charge in [0.05, 0.1) is 16.6 Å². The van der Waals surface area contributed by atoms with E-state index in [2.05, 4.69) is 25.5 Å². The van der Waals surface area contributed by atoms with Crippen LogP contribution in [0.25, 0.3) is 11.0 Å². The molecule has 5 nitrogen and oxygen atoms in total. The van der Waals surface area contributed by atoms with Gasteiger partial charge in [0.2, 0.25) is 5.95 Å². The van der Waals surface area contributed by atoms with E-state index >= 15 is 0 Å². The smallest absolute Gasteiger partial charge is 0.225 e. The van der Waals surface area contributed by atoms with Gasteiger partial charge in [-0.05, 0) is 12.1 Å². The summed E-state index contributed by atoms with van der Waals surface area (Å²) >= 11 is 7.66. The molecule has 2 aromatic heterocycles. The van der Waals surface area contributed by atoms with E-state index in [0.29, 0.717) is 16.6 Å². The third-order valence-corrected chi connectivity index (χ3v) is 4.06. The fraction of sp³-hybridized carbons (Fsp3) is 0.0833. The number of benzene rings is 1. The SMILES string of the molecule is CNc1nc(Sc2ccccc2Cl)c2cn[nH]c2n1. The predicted octanol–water partition coefficient (Wildman–Crippen LogP) is 3.20. The first-order chi connectivity index (χ1) is 9.28. The summed E-state index contributed by atoms with van der Waals surface area (Å²) in [7, 11) is 1.78. The lowest BCUT2D eigenvalue weighted by atomic mass is 10.4. The quantitative estimate of drug-likeness (QED) is 0.725. The highest BCUT2D eigenvalue weighted by molar-refractivity contribution is 7.99. The average Bonchev–Trinajstić information content (AvgIpc) is 2.89. The maximum absolute atomic E-state index is 6.17. The van der Waals surface area contributed by atoms with Gasteiger partial charge < -0.3 is 5.32 Å². The van der Waals surface area contributed by atoms with Crippen LogP contribution in [0.3, 0.4) is 0 Å². The van der Waals surface area contributed by atoms with Crippen LogP contribution >= 0.6 is 23.4 Å². The van der Waals surface area contributed by atoms with Gasteiger partial charge in [0.15, 0.2) is 5.65 Å². The van der Waals surface area contributed by atoms with Crippen LogP contribution in [0.2, 0.25) is 5.02 Å². The summed E-state index contributed by atoms with van der Waals surface area (Å²) in [5.41, 5.74) is 0.703. The highest BCUT2D eigenvalue weighted by atomic mass is 35.5. The van der Waals surface area contributed by atoms with E-state index < -0.39 is 0 Å². The molecule has 2 N–H and O–H groups in total. The van der Waals surface area contributed by atoms with Gasteiger partial charge in [-0.15, -0.1) is 0 Å². The molecule has 0 aliphatic heterocycles. The van der Waals surface area contributed by atoms with Crippen LogP contribution in [0, 0.1) is 0 Å². The van der Waals surface area contributed by atoms with Crippen LogP contribution in [-0.2, 0) is 0 Å². The minimum Gasteiger partial charge on any atom is -0.357 e. The molecular formula is C12H10ClN5S. The summed E-state index contributed by atoms with van der Waals surface area (Å²) in [4.78, 5) is 9.69. The first kappa shape index (κ1) is 12.3. The summed E-state index contributed by atoms with van der Waals surface area (Å²) in [6, 6.07) is 7.66. The van der Waals surface area contributed by atoms with Gasteiger partial charge in [0, 0.05) is 11.9 Å². The molecule has 3 rings (SSSR count). The van der Waals surface area contributed by atoms with Crippen LogP contribution in [-0.4, -0.2) is 27.2 Å². The first-order valence-electron chi connectivity index (χ1n) is 5.59. The number of fused-ring (bicyclic) bond motifs is 1. The Bertz CT molecular complexity index is 727. The fourth-order valence-corrected chi connectivity index (χ4v) is 2.79. The number of H-pyrrole nitrogens is 1. The second-order valence-corrected chi connectivity index (χ2v) is 5.20. The molecule has 0 radical (unpaired) electrons. The topological polar surface area (TPSA) is 66.5 Å². The molecule has 1 aromatic carbocycles. The van der Waals surface area contributed by atoms with Crippen molar-refractivity contribution in [3.63, 3.8) is 0 Å². The summed E-state index contributed by atoms with van der Waals surface area (Å²) in [6.07, 6.45) is 1.72. The molecule has 0 bridgehead atoms. The van der Waals surface area contributed by atoms with Gasteiger partial charge in [-0.2, -0.15) is 10.1 Å². The molecular weight excluding hydrogens is 282 g/mol. The third-order valence-electron chi connectivity index (χ3n) is 2.54. The maximum Gasteiger partial charge on any atom is 0.225 e. The van der Waals surface area contributed by atoms with E-state index in [0.717, 1.165) is 15.3 Å². The van der Waals surface area contributed by atoms with Gasteiger partial charge in [-0.1, -0.05) is 35.5 Å². The van der Waals surface area contributed by atoms with Crippen molar-refractivity contribution in [1.82, 2.24) is 20.2 Å². The number of hydrogen-bond donors (Lipinski definition) is 2. The monoisotopic (exact) mass is 291 g/mol. The van der Waals surface area contributed by atoms with Gasteiger partial charge in [-0.25, -0.2) is 4.98 Å². The van der Waals surface area contributed by atoms with Crippen molar-refractivity contribution in [2.24, 2.45) is 0 Å². The molecule has 2 heterocycles. The zero-order valence-corrected chi connectivity index (χ0v) is 11.6. The molecule has 96 valence electrons. The van der Waals surface area contributed by atoms with Crippen molar-refractivity contribution in [3.05, 3.63) is 35.5 Å². The lowest BCUT2D eigenvalue weighted by Crippen LogP contribution is -1.97. The Morgan fingerprint density at radius 1 is 1.26 bits per heavy atom. The Morgan fingerprint density at radius 3 is 2.89 bits per heavy atom. The number of aromatic amines is 1. The van der Waals surface area contributed by atoms with Gasteiger partial charge in [0.25, 0.3) is 0 Å². The lowest BCUT2D eigenvalue weighted by Gasteiger charge is -2.06. The molecule has 7 heteroatoms. The second-order valence-electron chi connectivity index (χ2n) is 3.77. The molecule has 0 aliphatic carbocycles. The van der Waals surface area contributed by atoms with E-state index in [1.165, 1.54) is 11.8 Å². The van der Waals surface area contributed by atoms with Crippen LogP contribution in [0.4, 0.5) is 5.95 Å². The Hall–Kier alpha value is -1.79. The van der Waals surface area contributed by atoms with E-state index in [4.69, 9.17) is 11.6 Å². The highest BCUT2D eigenvalue weighted by Crippen LogP contribution is 2.35. The number of nitrogens with one attached hydrogen (secondary N) is 2. The number of hydrogen-bond acceptors (Lipinski definition) is 5. The van der Waals surface area contributed by atoms with E-state index in [1.54, 1.807) is 13.2 Å². The standard InChI is InChI=1S/C12H10ClN5S/c1-14-12-16-10-7(6-15-18-10)11(17-12)19-9-5-3-2-4-8(9)13/h2-6H,1H3,(H2,14,15,16,17,18). The Morgan fingerprint density at radius 2 is 2.11 bits per heavy atom. The summed E-state index contributed by atoms with van der Waals surface area (Å²) < 4.78 is 0. The van der Waals surface area contributed by atoms with Gasteiger partial charge in [-0.3, -0.25) is 5.10 Å². The van der Waals surface area contributed by atoms with Crippen LogP contribution < -0.4 is 5.32 Å². The summed E-state index contributed by atoms with van der Waals surface area (Å²) in [5, 5.41) is 12.2. The Labute approximate surface area is 118 Å². The van der Waals surface area contributed by atoms with E-state index in [9.17, 15) is 0 Å². The number of rotatable bonds is 3. The first-order valence-corrected chi connectivity index (χ1v) is 6.78. The molecule has 0 amide bonds. The number of nitrogens with zero attached hydrogens (tertiary/aromatic N) is 3. The van der Waals surface area contributed by atoms with Crippen molar-refractivity contribution >= 4 is 40.3 Å². The maximum atomic E-state index is 6.17. The Balaban J connectivity index is 2.09. The lowest BCUT2D eigenvalue weighted by molar-refractivity contribution is 1.06. The molecule has 0 atom stereocenters. The second kappa shape index (κ2) is 5.07. The molecule has 0 unspecified atom stereocenters. The van der Waals surface area contributed by atoms with Gasteiger partial charge in [0.1, 0.15) is 5.03 Å². The molecule has 3 aromatic rings. The van der Waals surface area contributed by atoms with Crippen molar-refractivity contribution in [1.29, 1.82) is 0 Å². The van der Waals surface area contributed by atoms with Crippen LogP contribution in [0.5, 0.6) is 0 Å². The zero-order valence-electron chi connectivity index (χ0n) is 10.0. The van der Waals surface area contributed by atoms with Crippen molar-refractivity contribution in [2.45, 2.75) is 9.92 Å². The highest BCUT2D eigenvalue weighted by Gasteiger charge is 2.11. The Kier molecular flexibility index (Phi) is 3.27. The number of anilines is 1. The fourth-order valence-electron chi connectivity index (χ4n) is 1.63. The average molecular weight is 292 g/mol. The third kappa shape index (κ3) is 2.36. The van der Waals surface area contributed by atoms with Crippen LogP contribution in [0.15, 0.2) is 40.4 Å². The van der Waals surface area contributed by atoms with E-state index in [-0.39, 0.29) is 0 Å². The van der Waals surface area contributed by atoms with Crippen molar-refractivity contribution in [3.8, 4) is 0 Å². The molecule has 0 saturated heterocycles. The molecule has 0 saturated carbocycles. The molecule has 19 heavy (non-hydrogen) atoms. The molecule has 0 aliphatic rings. The minimum absolute atomic E-state index is 0.548. The number of aromatic nitrogens is 4. The van der Waals surface area contributed by atoms with E-state index in [1.807, 2.05) is 24.3 Å². The molecule has 0 spiro atoms. The summed E-state index contributed by atoms with van der Waals surface area (Å²) in [6.45, 7) is 0.